The summed E-state index contributed by atoms with van der Waals surface area (Å²) >= 11 is 0. The van der Waals surface area contributed by atoms with Crippen molar-refractivity contribution in [1.82, 2.24) is 0 Å². The van der Waals surface area contributed by atoms with Gasteiger partial charge in [-0.15, -0.1) is 0 Å². The molecule has 0 saturated heterocycles. The van der Waals surface area contributed by atoms with Crippen LogP contribution in [-0.2, 0) is 10.2 Å². The molecule has 6 heteroatoms. The topological polar surface area (TPSA) is 116 Å². The van der Waals surface area contributed by atoms with Crippen LogP contribution in [0.15, 0.2) is 36.4 Å². The first-order valence-corrected chi connectivity index (χ1v) is 6.91. The first-order valence-electron chi connectivity index (χ1n) is 6.91. The highest BCUT2D eigenvalue weighted by molar-refractivity contribution is 5.93. The maximum Gasteiger partial charge on any atom is 0.337 e. The number of carbonyl (C=O) groups is 2. The third kappa shape index (κ3) is 3.11. The van der Waals surface area contributed by atoms with E-state index in [0.29, 0.717) is 12.2 Å². The SMILES string of the molecule is CC(C)(c1ccc(N)c(OC=O)c1)c1ccc(N)c(C(=O)O)c1. The molecule has 0 saturated carbocycles. The average molecular weight is 314 g/mol. The summed E-state index contributed by atoms with van der Waals surface area (Å²) in [4.78, 5) is 21.8. The van der Waals surface area contributed by atoms with Crippen molar-refractivity contribution in [3.63, 3.8) is 0 Å². The molecule has 0 bridgehead atoms. The van der Waals surface area contributed by atoms with Crippen LogP contribution in [0.4, 0.5) is 11.4 Å². The maximum atomic E-state index is 11.3. The number of nitrogens with two attached hydrogens (primary N) is 2. The molecule has 120 valence electrons. The molecule has 2 aromatic carbocycles. The Hall–Kier alpha value is -3.02. The number of carbonyl (C=O) groups excluding carboxylic acids is 1. The summed E-state index contributed by atoms with van der Waals surface area (Å²) in [5.74, 6) is -0.818. The van der Waals surface area contributed by atoms with Crippen LogP contribution >= 0.6 is 0 Å². The van der Waals surface area contributed by atoms with Crippen LogP contribution in [0, 0.1) is 0 Å². The van der Waals surface area contributed by atoms with Crippen LogP contribution in [0.2, 0.25) is 0 Å². The molecule has 0 atom stereocenters. The van der Waals surface area contributed by atoms with Gasteiger partial charge in [0.1, 0.15) is 0 Å². The lowest BCUT2D eigenvalue weighted by molar-refractivity contribution is -0.120. The quantitative estimate of drug-likeness (QED) is 0.576. The zero-order valence-corrected chi connectivity index (χ0v) is 12.9. The largest absolute Gasteiger partial charge is 0.478 e. The van der Waals surface area contributed by atoms with Gasteiger partial charge in [0, 0.05) is 11.1 Å². The number of anilines is 2. The third-order valence-corrected chi connectivity index (χ3v) is 3.92. The fourth-order valence-electron chi connectivity index (χ4n) is 2.37. The lowest BCUT2D eigenvalue weighted by Gasteiger charge is -2.27. The van der Waals surface area contributed by atoms with Gasteiger partial charge in [0.2, 0.25) is 0 Å². The molecule has 0 aliphatic carbocycles. The van der Waals surface area contributed by atoms with E-state index in [1.54, 1.807) is 30.3 Å². The first-order chi connectivity index (χ1) is 10.8. The smallest absolute Gasteiger partial charge is 0.337 e. The predicted octanol–water partition coefficient (Wildman–Crippen LogP) is 2.41. The minimum atomic E-state index is -1.08. The van der Waals surface area contributed by atoms with Gasteiger partial charge in [-0.2, -0.15) is 0 Å². The van der Waals surface area contributed by atoms with Crippen LogP contribution in [0.3, 0.4) is 0 Å². The zero-order valence-electron chi connectivity index (χ0n) is 12.9. The maximum absolute atomic E-state index is 11.3. The summed E-state index contributed by atoms with van der Waals surface area (Å²) in [7, 11) is 0. The van der Waals surface area contributed by atoms with Gasteiger partial charge in [0.15, 0.2) is 5.75 Å². The number of hydrogen-bond donors (Lipinski definition) is 3. The van der Waals surface area contributed by atoms with E-state index < -0.39 is 11.4 Å². The Balaban J connectivity index is 2.53. The fraction of sp³-hybridized carbons (Fsp3) is 0.176. The highest BCUT2D eigenvalue weighted by Crippen LogP contribution is 2.36. The van der Waals surface area contributed by atoms with Gasteiger partial charge >= 0.3 is 5.97 Å². The molecule has 0 fully saturated rings. The molecule has 0 aliphatic heterocycles. The van der Waals surface area contributed by atoms with Crippen molar-refractivity contribution in [2.24, 2.45) is 0 Å². The molecule has 0 spiro atoms. The summed E-state index contributed by atoms with van der Waals surface area (Å²) in [6, 6.07) is 10.0. The molecule has 0 aliphatic rings. The Labute approximate surface area is 133 Å². The normalized spacial score (nSPS) is 11.0. The number of carboxylic acid groups (broad SMARTS) is 1. The van der Waals surface area contributed by atoms with E-state index in [9.17, 15) is 14.7 Å². The van der Waals surface area contributed by atoms with Crippen molar-refractivity contribution in [1.29, 1.82) is 0 Å². The summed E-state index contributed by atoms with van der Waals surface area (Å²) in [6.07, 6.45) is 0. The van der Waals surface area contributed by atoms with Gasteiger partial charge in [-0.1, -0.05) is 26.0 Å². The Morgan fingerprint density at radius 1 is 1.09 bits per heavy atom. The number of nitrogen functional groups attached to an aromatic ring is 2. The number of ether oxygens (including phenoxy) is 1. The monoisotopic (exact) mass is 314 g/mol. The Kier molecular flexibility index (Phi) is 4.27. The van der Waals surface area contributed by atoms with Crippen LogP contribution in [0.1, 0.15) is 35.3 Å². The van der Waals surface area contributed by atoms with Crippen molar-refractivity contribution < 1.29 is 19.4 Å². The van der Waals surface area contributed by atoms with Crippen molar-refractivity contribution >= 4 is 23.8 Å². The van der Waals surface area contributed by atoms with E-state index in [2.05, 4.69) is 0 Å². The summed E-state index contributed by atoms with van der Waals surface area (Å²) < 4.78 is 4.87. The van der Waals surface area contributed by atoms with Gasteiger partial charge in [-0.25, -0.2) is 4.79 Å². The number of aromatic carboxylic acids is 1. The van der Waals surface area contributed by atoms with Gasteiger partial charge in [0.05, 0.1) is 11.3 Å². The van der Waals surface area contributed by atoms with Crippen LogP contribution in [0.25, 0.3) is 0 Å². The van der Waals surface area contributed by atoms with Crippen LogP contribution in [0.5, 0.6) is 5.75 Å². The average Bonchev–Trinajstić information content (AvgIpc) is 2.49. The van der Waals surface area contributed by atoms with Crippen molar-refractivity contribution in [2.75, 3.05) is 11.5 Å². The van der Waals surface area contributed by atoms with Gasteiger partial charge < -0.3 is 21.3 Å². The number of carboxylic acids is 1. The van der Waals surface area contributed by atoms with E-state index in [-0.39, 0.29) is 17.0 Å². The van der Waals surface area contributed by atoms with Crippen LogP contribution in [-0.4, -0.2) is 17.5 Å². The molecule has 2 rings (SSSR count). The number of benzene rings is 2. The molecule has 2 aromatic rings. The molecule has 0 amide bonds. The van der Waals surface area contributed by atoms with E-state index >= 15 is 0 Å². The van der Waals surface area contributed by atoms with Gasteiger partial charge in [-0.3, -0.25) is 4.79 Å². The lowest BCUT2D eigenvalue weighted by atomic mass is 9.77. The Morgan fingerprint density at radius 3 is 2.22 bits per heavy atom. The van der Waals surface area contributed by atoms with E-state index in [0.717, 1.165) is 11.1 Å². The van der Waals surface area contributed by atoms with Crippen LogP contribution < -0.4 is 16.2 Å². The number of hydrogen-bond acceptors (Lipinski definition) is 5. The summed E-state index contributed by atoms with van der Waals surface area (Å²) in [5, 5.41) is 9.22. The minimum absolute atomic E-state index is 0.0513. The fourth-order valence-corrected chi connectivity index (χ4v) is 2.37. The van der Waals surface area contributed by atoms with Gasteiger partial charge in [0.25, 0.3) is 6.47 Å². The molecule has 0 aromatic heterocycles. The molecular formula is C17H18N2O4. The molecule has 0 unspecified atom stereocenters. The Bertz CT molecular complexity index is 769. The minimum Gasteiger partial charge on any atom is -0.478 e. The standard InChI is InChI=1S/C17H18N2O4/c1-17(2,10-3-5-13(18)12(7-10)16(21)22)11-4-6-14(19)15(8-11)23-9-20/h3-9H,18-19H2,1-2H3,(H,21,22). The summed E-state index contributed by atoms with van der Waals surface area (Å²) in [5.41, 5.74) is 13.1. The molecule has 5 N–H and O–H groups in total. The highest BCUT2D eigenvalue weighted by atomic mass is 16.5. The van der Waals surface area contributed by atoms with Crippen molar-refractivity contribution in [3.8, 4) is 5.75 Å². The second-order valence-electron chi connectivity index (χ2n) is 5.70. The first kappa shape index (κ1) is 16.4. The van der Waals surface area contributed by atoms with E-state index in [4.69, 9.17) is 16.2 Å². The second kappa shape index (κ2) is 6.00. The van der Waals surface area contributed by atoms with Gasteiger partial charge in [-0.05, 0) is 35.4 Å². The molecule has 6 nitrogen and oxygen atoms in total. The molecular weight excluding hydrogens is 296 g/mol. The zero-order chi connectivity index (χ0) is 17.2. The molecule has 0 radical (unpaired) electrons. The van der Waals surface area contributed by atoms with Crippen molar-refractivity contribution in [3.05, 3.63) is 53.1 Å². The van der Waals surface area contributed by atoms with E-state index in [1.807, 2.05) is 19.9 Å². The molecule has 0 heterocycles. The highest BCUT2D eigenvalue weighted by Gasteiger charge is 2.26. The number of rotatable bonds is 5. The second-order valence-corrected chi connectivity index (χ2v) is 5.70. The molecule has 23 heavy (non-hydrogen) atoms. The summed E-state index contributed by atoms with van der Waals surface area (Å²) in [6.45, 7) is 4.18. The Morgan fingerprint density at radius 2 is 1.65 bits per heavy atom. The lowest BCUT2D eigenvalue weighted by Crippen LogP contribution is -2.20. The third-order valence-electron chi connectivity index (χ3n) is 3.92. The predicted molar refractivity (Wildman–Crippen MR) is 87.5 cm³/mol. The van der Waals surface area contributed by atoms with Crippen molar-refractivity contribution in [2.45, 2.75) is 19.3 Å². The van der Waals surface area contributed by atoms with E-state index in [1.165, 1.54) is 0 Å².